The number of aromatic nitrogens is 1. The molecular formula is C23H24N2O5. The number of para-hydroxylation sites is 1. The summed E-state index contributed by atoms with van der Waals surface area (Å²) in [6, 6.07) is 14.9. The molecule has 2 aromatic carbocycles. The lowest BCUT2D eigenvalue weighted by Gasteiger charge is -2.13. The average molecular weight is 408 g/mol. The Kier molecular flexibility index (Phi) is 5.90. The van der Waals surface area contributed by atoms with E-state index in [0.717, 1.165) is 17.5 Å². The third-order valence-electron chi connectivity index (χ3n) is 4.85. The third-order valence-corrected chi connectivity index (χ3v) is 4.85. The van der Waals surface area contributed by atoms with Crippen LogP contribution < -0.4 is 19.5 Å². The number of fused-ring (bicyclic) bond motifs is 1. The molecule has 0 amide bonds. The number of nitrogens with zero attached hydrogens (tertiary/aromatic N) is 1. The zero-order valence-electron chi connectivity index (χ0n) is 17.0. The number of benzene rings is 2. The van der Waals surface area contributed by atoms with Gasteiger partial charge in [0.15, 0.2) is 11.5 Å². The van der Waals surface area contributed by atoms with Crippen molar-refractivity contribution < 1.29 is 24.1 Å². The third kappa shape index (κ3) is 4.11. The van der Waals surface area contributed by atoms with Gasteiger partial charge < -0.3 is 29.4 Å². The molecule has 2 N–H and O–H groups in total. The summed E-state index contributed by atoms with van der Waals surface area (Å²) < 4.78 is 21.5. The van der Waals surface area contributed by atoms with Gasteiger partial charge in [-0.1, -0.05) is 12.1 Å². The lowest BCUT2D eigenvalue weighted by Crippen LogP contribution is -2.06. The van der Waals surface area contributed by atoms with Gasteiger partial charge in [0, 0.05) is 37.5 Å². The fourth-order valence-corrected chi connectivity index (χ4v) is 3.36. The highest BCUT2D eigenvalue weighted by molar-refractivity contribution is 5.81. The summed E-state index contributed by atoms with van der Waals surface area (Å²) in [5, 5.41) is 13.9. The first-order valence-electron chi connectivity index (χ1n) is 9.71. The SMILES string of the molecule is COCCCNc1cc(-c2cccc3c2OCO3)cc(-c2ccc(OC)cc2O)n1. The lowest BCUT2D eigenvalue weighted by molar-refractivity contribution is 0.174. The maximum atomic E-state index is 10.5. The molecule has 0 aliphatic carbocycles. The van der Waals surface area contributed by atoms with Crippen LogP contribution in [0.3, 0.4) is 0 Å². The number of phenols is 1. The van der Waals surface area contributed by atoms with E-state index in [1.54, 1.807) is 32.4 Å². The quantitative estimate of drug-likeness (QED) is 0.538. The van der Waals surface area contributed by atoms with Gasteiger partial charge in [-0.2, -0.15) is 0 Å². The Morgan fingerprint density at radius 2 is 1.97 bits per heavy atom. The average Bonchev–Trinajstić information content (AvgIpc) is 3.25. The van der Waals surface area contributed by atoms with E-state index in [-0.39, 0.29) is 12.5 Å². The van der Waals surface area contributed by atoms with Crippen molar-refractivity contribution in [1.29, 1.82) is 0 Å². The van der Waals surface area contributed by atoms with E-state index in [0.29, 0.717) is 47.5 Å². The van der Waals surface area contributed by atoms with Crippen LogP contribution >= 0.6 is 0 Å². The molecule has 7 nitrogen and oxygen atoms in total. The molecule has 0 saturated heterocycles. The zero-order chi connectivity index (χ0) is 20.9. The number of phenolic OH excluding ortho intramolecular Hbond substituents is 1. The minimum Gasteiger partial charge on any atom is -0.507 e. The van der Waals surface area contributed by atoms with Crippen molar-refractivity contribution in [3.05, 3.63) is 48.5 Å². The highest BCUT2D eigenvalue weighted by Gasteiger charge is 2.20. The number of anilines is 1. The predicted octanol–water partition coefficient (Wildman–Crippen LogP) is 4.31. The molecular weight excluding hydrogens is 384 g/mol. The lowest BCUT2D eigenvalue weighted by atomic mass is 10.0. The molecule has 4 rings (SSSR count). The first-order chi connectivity index (χ1) is 14.7. The molecule has 0 fully saturated rings. The number of methoxy groups -OCH3 is 2. The first kappa shape index (κ1) is 19.8. The topological polar surface area (TPSA) is 82.1 Å². The van der Waals surface area contributed by atoms with E-state index in [1.165, 1.54) is 0 Å². The van der Waals surface area contributed by atoms with Crippen LogP contribution in [0.5, 0.6) is 23.0 Å². The normalized spacial score (nSPS) is 12.1. The van der Waals surface area contributed by atoms with E-state index in [1.807, 2.05) is 30.3 Å². The van der Waals surface area contributed by atoms with Crippen LogP contribution in [0.25, 0.3) is 22.4 Å². The molecule has 1 aliphatic rings. The summed E-state index contributed by atoms with van der Waals surface area (Å²) >= 11 is 0. The summed E-state index contributed by atoms with van der Waals surface area (Å²) in [6.07, 6.45) is 0.850. The maximum absolute atomic E-state index is 10.5. The number of rotatable bonds is 8. The van der Waals surface area contributed by atoms with Crippen LogP contribution in [-0.2, 0) is 4.74 Å². The fraction of sp³-hybridized carbons (Fsp3) is 0.261. The van der Waals surface area contributed by atoms with Crippen molar-refractivity contribution >= 4 is 5.82 Å². The van der Waals surface area contributed by atoms with Crippen molar-refractivity contribution in [3.63, 3.8) is 0 Å². The van der Waals surface area contributed by atoms with Crippen molar-refractivity contribution in [2.75, 3.05) is 39.5 Å². The summed E-state index contributed by atoms with van der Waals surface area (Å²) in [6.45, 7) is 1.58. The smallest absolute Gasteiger partial charge is 0.231 e. The molecule has 1 aliphatic heterocycles. The second-order valence-electron chi connectivity index (χ2n) is 6.82. The molecule has 0 unspecified atom stereocenters. The number of aromatic hydroxyl groups is 1. The van der Waals surface area contributed by atoms with Gasteiger partial charge in [-0.25, -0.2) is 4.98 Å². The highest BCUT2D eigenvalue weighted by Crippen LogP contribution is 2.43. The van der Waals surface area contributed by atoms with Gasteiger partial charge in [0.25, 0.3) is 0 Å². The van der Waals surface area contributed by atoms with Crippen LogP contribution in [0.2, 0.25) is 0 Å². The standard InChI is InChI=1S/C23H24N2O5/c1-27-10-4-9-24-22-12-15(17-5-3-6-21-23(17)30-14-29-21)11-19(25-22)18-8-7-16(28-2)13-20(18)26/h3,5-8,11-13,26H,4,9-10,14H2,1-2H3,(H,24,25). The van der Waals surface area contributed by atoms with E-state index < -0.39 is 0 Å². The predicted molar refractivity (Wildman–Crippen MR) is 114 cm³/mol. The molecule has 3 aromatic rings. The van der Waals surface area contributed by atoms with Gasteiger partial charge in [0.05, 0.1) is 12.8 Å². The van der Waals surface area contributed by atoms with Crippen molar-refractivity contribution in [2.45, 2.75) is 6.42 Å². The largest absolute Gasteiger partial charge is 0.507 e. The van der Waals surface area contributed by atoms with E-state index in [4.69, 9.17) is 23.9 Å². The summed E-state index contributed by atoms with van der Waals surface area (Å²) in [5.74, 6) is 2.80. The van der Waals surface area contributed by atoms with Gasteiger partial charge in [-0.15, -0.1) is 0 Å². The molecule has 0 spiro atoms. The van der Waals surface area contributed by atoms with E-state index >= 15 is 0 Å². The summed E-state index contributed by atoms with van der Waals surface area (Å²) in [5.41, 5.74) is 3.06. The minimum atomic E-state index is 0.0993. The van der Waals surface area contributed by atoms with Crippen molar-refractivity contribution in [1.82, 2.24) is 4.98 Å². The van der Waals surface area contributed by atoms with E-state index in [2.05, 4.69) is 5.32 Å². The van der Waals surface area contributed by atoms with Crippen LogP contribution in [0.4, 0.5) is 5.82 Å². The van der Waals surface area contributed by atoms with Gasteiger partial charge in [-0.05, 0) is 42.3 Å². The Labute approximate surface area is 175 Å². The van der Waals surface area contributed by atoms with Crippen molar-refractivity contribution in [2.24, 2.45) is 0 Å². The monoisotopic (exact) mass is 408 g/mol. The number of pyridine rings is 1. The Hall–Kier alpha value is -3.45. The molecule has 2 heterocycles. The summed E-state index contributed by atoms with van der Waals surface area (Å²) in [4.78, 5) is 4.71. The molecule has 156 valence electrons. The molecule has 0 atom stereocenters. The first-order valence-corrected chi connectivity index (χ1v) is 9.71. The molecule has 30 heavy (non-hydrogen) atoms. The molecule has 0 radical (unpaired) electrons. The maximum Gasteiger partial charge on any atom is 0.231 e. The Morgan fingerprint density at radius 3 is 2.77 bits per heavy atom. The Morgan fingerprint density at radius 1 is 1.07 bits per heavy atom. The number of ether oxygens (including phenoxy) is 4. The van der Waals surface area contributed by atoms with Crippen LogP contribution in [-0.4, -0.2) is 44.3 Å². The number of hydrogen-bond donors (Lipinski definition) is 2. The van der Waals surface area contributed by atoms with Crippen LogP contribution in [0.1, 0.15) is 6.42 Å². The van der Waals surface area contributed by atoms with Gasteiger partial charge in [0.1, 0.15) is 17.3 Å². The Balaban J connectivity index is 1.76. The minimum absolute atomic E-state index is 0.0993. The van der Waals surface area contributed by atoms with Crippen LogP contribution in [0, 0.1) is 0 Å². The molecule has 1 aromatic heterocycles. The zero-order valence-corrected chi connectivity index (χ0v) is 17.0. The second kappa shape index (κ2) is 8.92. The number of hydrogen-bond acceptors (Lipinski definition) is 7. The van der Waals surface area contributed by atoms with Crippen molar-refractivity contribution in [3.8, 4) is 45.4 Å². The van der Waals surface area contributed by atoms with Gasteiger partial charge in [0.2, 0.25) is 6.79 Å². The van der Waals surface area contributed by atoms with E-state index in [9.17, 15) is 5.11 Å². The van der Waals surface area contributed by atoms with Crippen LogP contribution in [0.15, 0.2) is 48.5 Å². The molecule has 0 bridgehead atoms. The number of nitrogens with one attached hydrogen (secondary N) is 1. The van der Waals surface area contributed by atoms with Gasteiger partial charge >= 0.3 is 0 Å². The molecule has 0 saturated carbocycles. The Bertz CT molecular complexity index is 1040. The highest BCUT2D eigenvalue weighted by atomic mass is 16.7. The second-order valence-corrected chi connectivity index (χ2v) is 6.82. The molecule has 7 heteroatoms. The fourth-order valence-electron chi connectivity index (χ4n) is 3.36. The van der Waals surface area contributed by atoms with Gasteiger partial charge in [-0.3, -0.25) is 0 Å². The summed E-state index contributed by atoms with van der Waals surface area (Å²) in [7, 11) is 3.24.